The van der Waals surface area contributed by atoms with Gasteiger partial charge in [-0.25, -0.2) is 0 Å². The molecule has 2 heteroatoms. The Morgan fingerprint density at radius 1 is 1.17 bits per heavy atom. The fraction of sp³-hybridized carbons (Fsp3) is 0.562. The Bertz CT molecular complexity index is 426. The molecule has 0 aromatic heterocycles. The molecule has 1 aromatic rings. The lowest BCUT2D eigenvalue weighted by Crippen LogP contribution is -2.37. The zero-order valence-electron chi connectivity index (χ0n) is 10.9. The fourth-order valence-electron chi connectivity index (χ4n) is 3.04. The van der Waals surface area contributed by atoms with Crippen molar-refractivity contribution in [2.24, 2.45) is 16.6 Å². The zero-order valence-corrected chi connectivity index (χ0v) is 10.9. The highest BCUT2D eigenvalue weighted by molar-refractivity contribution is 5.98. The molecular weight excluding hydrogens is 220 g/mol. The molecule has 0 amide bonds. The molecule has 0 unspecified atom stereocenters. The molecule has 2 saturated carbocycles. The lowest BCUT2D eigenvalue weighted by molar-refractivity contribution is 0.674. The van der Waals surface area contributed by atoms with Crippen LogP contribution in [0.25, 0.3) is 0 Å². The molecule has 2 nitrogen and oxygen atoms in total. The molecule has 2 fully saturated rings. The molecule has 0 heterocycles. The van der Waals surface area contributed by atoms with Crippen molar-refractivity contribution in [2.45, 2.75) is 50.6 Å². The van der Waals surface area contributed by atoms with E-state index in [1.54, 1.807) is 0 Å². The molecule has 0 saturated heterocycles. The molecule has 96 valence electrons. The fourth-order valence-corrected chi connectivity index (χ4v) is 3.04. The summed E-state index contributed by atoms with van der Waals surface area (Å²) in [4.78, 5) is 4.90. The molecule has 0 radical (unpaired) electrons. The van der Waals surface area contributed by atoms with Gasteiger partial charge >= 0.3 is 0 Å². The maximum absolute atomic E-state index is 6.40. The summed E-state index contributed by atoms with van der Waals surface area (Å²) in [6, 6.07) is 10.5. The topological polar surface area (TPSA) is 38.4 Å². The molecule has 18 heavy (non-hydrogen) atoms. The van der Waals surface area contributed by atoms with Crippen LogP contribution in [0.2, 0.25) is 0 Å². The Morgan fingerprint density at radius 3 is 2.44 bits per heavy atom. The summed E-state index contributed by atoms with van der Waals surface area (Å²) in [6.07, 6.45) is 7.57. The average Bonchev–Trinajstić information content (AvgIpc) is 2.93. The molecule has 1 aromatic carbocycles. The average molecular weight is 242 g/mol. The first-order chi connectivity index (χ1) is 8.78. The van der Waals surface area contributed by atoms with Crippen LogP contribution in [0.3, 0.4) is 0 Å². The van der Waals surface area contributed by atoms with Crippen LogP contribution >= 0.6 is 0 Å². The molecule has 2 aliphatic rings. The Labute approximate surface area is 109 Å². The van der Waals surface area contributed by atoms with E-state index < -0.39 is 0 Å². The van der Waals surface area contributed by atoms with Gasteiger partial charge in [0.25, 0.3) is 0 Å². The van der Waals surface area contributed by atoms with Gasteiger partial charge in [-0.1, -0.05) is 43.2 Å². The van der Waals surface area contributed by atoms with E-state index in [9.17, 15) is 0 Å². The van der Waals surface area contributed by atoms with Crippen LogP contribution in [0, 0.1) is 5.92 Å². The summed E-state index contributed by atoms with van der Waals surface area (Å²) in [5.41, 5.74) is 8.98. The van der Waals surface area contributed by atoms with Crippen LogP contribution in [0.15, 0.2) is 35.3 Å². The van der Waals surface area contributed by atoms with Gasteiger partial charge < -0.3 is 5.73 Å². The Balaban J connectivity index is 1.76. The van der Waals surface area contributed by atoms with Crippen molar-refractivity contribution in [3.05, 3.63) is 35.9 Å². The van der Waals surface area contributed by atoms with Gasteiger partial charge in [0.05, 0.1) is 12.1 Å². The first-order valence-electron chi connectivity index (χ1n) is 7.16. The van der Waals surface area contributed by atoms with Crippen molar-refractivity contribution in [1.29, 1.82) is 0 Å². The second-order valence-corrected chi connectivity index (χ2v) is 5.82. The van der Waals surface area contributed by atoms with Crippen LogP contribution < -0.4 is 5.73 Å². The summed E-state index contributed by atoms with van der Waals surface area (Å²) < 4.78 is 0. The largest absolute Gasteiger partial charge is 0.320 e. The van der Waals surface area contributed by atoms with Gasteiger partial charge in [-0.05, 0) is 37.2 Å². The number of nitrogens with zero attached hydrogens (tertiary/aromatic N) is 1. The van der Waals surface area contributed by atoms with E-state index in [4.69, 9.17) is 10.7 Å². The second-order valence-electron chi connectivity index (χ2n) is 5.82. The van der Waals surface area contributed by atoms with E-state index >= 15 is 0 Å². The summed E-state index contributed by atoms with van der Waals surface area (Å²) >= 11 is 0. The van der Waals surface area contributed by atoms with E-state index in [1.807, 2.05) is 0 Å². The van der Waals surface area contributed by atoms with Crippen molar-refractivity contribution >= 4 is 5.71 Å². The first-order valence-corrected chi connectivity index (χ1v) is 7.16. The standard InChI is InChI=1S/C16H22N2/c17-16(10-11-16)15(14-8-4-5-9-14)18-12-13-6-2-1-3-7-13/h1-3,6-7,14H,4-5,8-12,17H2/b18-15-. The molecule has 0 bridgehead atoms. The predicted octanol–water partition coefficient (Wildman–Crippen LogP) is 3.31. The van der Waals surface area contributed by atoms with Gasteiger partial charge in [0.15, 0.2) is 0 Å². The van der Waals surface area contributed by atoms with E-state index in [0.29, 0.717) is 5.92 Å². The molecule has 2 aliphatic carbocycles. The highest BCUT2D eigenvalue weighted by Gasteiger charge is 2.46. The minimum atomic E-state index is -0.0379. The Morgan fingerprint density at radius 2 is 1.83 bits per heavy atom. The van der Waals surface area contributed by atoms with Gasteiger partial charge in [-0.15, -0.1) is 0 Å². The number of hydrogen-bond acceptors (Lipinski definition) is 2. The lowest BCUT2D eigenvalue weighted by atomic mass is 9.94. The van der Waals surface area contributed by atoms with Crippen LogP contribution in [-0.2, 0) is 6.54 Å². The van der Waals surface area contributed by atoms with Crippen LogP contribution in [0.5, 0.6) is 0 Å². The summed E-state index contributed by atoms with van der Waals surface area (Å²) in [6.45, 7) is 0.797. The number of benzene rings is 1. The molecule has 0 atom stereocenters. The van der Waals surface area contributed by atoms with Gasteiger partial charge in [-0.3, -0.25) is 4.99 Å². The van der Waals surface area contributed by atoms with Crippen LogP contribution in [0.1, 0.15) is 44.1 Å². The summed E-state index contributed by atoms with van der Waals surface area (Å²) in [7, 11) is 0. The maximum Gasteiger partial charge on any atom is 0.0640 e. The highest BCUT2D eigenvalue weighted by atomic mass is 14.9. The lowest BCUT2D eigenvalue weighted by Gasteiger charge is -2.19. The van der Waals surface area contributed by atoms with Gasteiger partial charge in [0.2, 0.25) is 0 Å². The van der Waals surface area contributed by atoms with Crippen molar-refractivity contribution in [2.75, 3.05) is 0 Å². The third-order valence-electron chi connectivity index (χ3n) is 4.32. The number of rotatable bonds is 4. The van der Waals surface area contributed by atoms with Gasteiger partial charge in [0.1, 0.15) is 0 Å². The van der Waals surface area contributed by atoms with E-state index in [2.05, 4.69) is 30.3 Å². The molecule has 0 aliphatic heterocycles. The van der Waals surface area contributed by atoms with Gasteiger partial charge in [0, 0.05) is 5.71 Å². The quantitative estimate of drug-likeness (QED) is 0.808. The maximum atomic E-state index is 6.40. The van der Waals surface area contributed by atoms with E-state index in [-0.39, 0.29) is 5.54 Å². The molecule has 2 N–H and O–H groups in total. The Kier molecular flexibility index (Phi) is 3.21. The van der Waals surface area contributed by atoms with E-state index in [1.165, 1.54) is 37.0 Å². The van der Waals surface area contributed by atoms with Gasteiger partial charge in [-0.2, -0.15) is 0 Å². The molecule has 0 spiro atoms. The van der Waals surface area contributed by atoms with Crippen LogP contribution in [-0.4, -0.2) is 11.3 Å². The van der Waals surface area contributed by atoms with Crippen molar-refractivity contribution in [3.63, 3.8) is 0 Å². The second kappa shape index (κ2) is 4.85. The van der Waals surface area contributed by atoms with Crippen molar-refractivity contribution < 1.29 is 0 Å². The van der Waals surface area contributed by atoms with Crippen molar-refractivity contribution in [1.82, 2.24) is 0 Å². The minimum Gasteiger partial charge on any atom is -0.320 e. The zero-order chi connectivity index (χ0) is 12.4. The number of hydrogen-bond donors (Lipinski definition) is 1. The van der Waals surface area contributed by atoms with Crippen LogP contribution in [0.4, 0.5) is 0 Å². The number of nitrogens with two attached hydrogens (primary N) is 1. The SMILES string of the molecule is NC1(/C(=N\Cc2ccccc2)C2CCCC2)CC1. The normalized spacial score (nSPS) is 23.3. The molecule has 3 rings (SSSR count). The Hall–Kier alpha value is -1.15. The highest BCUT2D eigenvalue weighted by Crippen LogP contribution is 2.41. The minimum absolute atomic E-state index is 0.0379. The first kappa shape index (κ1) is 11.9. The summed E-state index contributed by atoms with van der Waals surface area (Å²) in [5.74, 6) is 0.668. The third-order valence-corrected chi connectivity index (χ3v) is 4.32. The number of aliphatic imine (C=N–C) groups is 1. The third kappa shape index (κ3) is 2.49. The van der Waals surface area contributed by atoms with Crippen molar-refractivity contribution in [3.8, 4) is 0 Å². The monoisotopic (exact) mass is 242 g/mol. The smallest absolute Gasteiger partial charge is 0.0640 e. The summed E-state index contributed by atoms with van der Waals surface area (Å²) in [5, 5.41) is 0. The predicted molar refractivity (Wildman–Crippen MR) is 75.7 cm³/mol. The molecular formula is C16H22N2. The van der Waals surface area contributed by atoms with E-state index in [0.717, 1.165) is 19.4 Å².